The highest BCUT2D eigenvalue weighted by Crippen LogP contribution is 2.25. The first-order valence-corrected chi connectivity index (χ1v) is 6.33. The number of amides is 1. The number of hydrogen-bond acceptors (Lipinski definition) is 3. The van der Waals surface area contributed by atoms with Crippen molar-refractivity contribution in [1.82, 2.24) is 5.32 Å². The number of ether oxygens (including phenoxy) is 1. The molecule has 0 fully saturated rings. The van der Waals surface area contributed by atoms with Crippen LogP contribution in [0.3, 0.4) is 0 Å². The van der Waals surface area contributed by atoms with Crippen molar-refractivity contribution in [1.29, 1.82) is 0 Å². The molecule has 1 amide bonds. The van der Waals surface area contributed by atoms with Crippen molar-refractivity contribution >= 4 is 21.8 Å². The number of carbonyl (C=O) groups is 1. The molecule has 0 radical (unpaired) electrons. The molecule has 0 unspecified atom stereocenters. The summed E-state index contributed by atoms with van der Waals surface area (Å²) in [5.41, 5.74) is 6.18. The molecule has 3 N–H and O–H groups in total. The fourth-order valence-electron chi connectivity index (χ4n) is 1.33. The van der Waals surface area contributed by atoms with Crippen molar-refractivity contribution < 1.29 is 9.53 Å². The SMILES string of the molecule is CCCNCc1ccc(OCC(N)=O)c(Br)c1. The summed E-state index contributed by atoms with van der Waals surface area (Å²) >= 11 is 3.40. The summed E-state index contributed by atoms with van der Waals surface area (Å²) in [5.74, 6) is 0.147. The van der Waals surface area contributed by atoms with Gasteiger partial charge in [0.2, 0.25) is 0 Å². The van der Waals surface area contributed by atoms with E-state index < -0.39 is 5.91 Å². The smallest absolute Gasteiger partial charge is 0.255 e. The van der Waals surface area contributed by atoms with Crippen molar-refractivity contribution in [2.45, 2.75) is 19.9 Å². The average molecular weight is 301 g/mol. The first-order valence-electron chi connectivity index (χ1n) is 5.53. The Bertz CT molecular complexity index is 383. The van der Waals surface area contributed by atoms with Gasteiger partial charge in [-0.2, -0.15) is 0 Å². The van der Waals surface area contributed by atoms with E-state index in [2.05, 4.69) is 28.2 Å². The van der Waals surface area contributed by atoms with E-state index in [0.29, 0.717) is 5.75 Å². The second kappa shape index (κ2) is 7.29. The van der Waals surface area contributed by atoms with Crippen LogP contribution < -0.4 is 15.8 Å². The van der Waals surface area contributed by atoms with Gasteiger partial charge >= 0.3 is 0 Å². The van der Waals surface area contributed by atoms with E-state index in [-0.39, 0.29) is 6.61 Å². The summed E-state index contributed by atoms with van der Waals surface area (Å²) in [4.78, 5) is 10.6. The number of benzene rings is 1. The van der Waals surface area contributed by atoms with Crippen LogP contribution in [0.15, 0.2) is 22.7 Å². The van der Waals surface area contributed by atoms with E-state index in [1.807, 2.05) is 18.2 Å². The van der Waals surface area contributed by atoms with Gasteiger partial charge in [-0.3, -0.25) is 4.79 Å². The number of carbonyl (C=O) groups excluding carboxylic acids is 1. The summed E-state index contributed by atoms with van der Waals surface area (Å²) in [7, 11) is 0. The Labute approximate surface area is 110 Å². The van der Waals surface area contributed by atoms with Crippen LogP contribution in [0.4, 0.5) is 0 Å². The zero-order valence-corrected chi connectivity index (χ0v) is 11.4. The Morgan fingerprint density at radius 3 is 2.88 bits per heavy atom. The highest BCUT2D eigenvalue weighted by Gasteiger charge is 2.04. The largest absolute Gasteiger partial charge is 0.483 e. The first kappa shape index (κ1) is 14.0. The molecule has 0 bridgehead atoms. The molecule has 17 heavy (non-hydrogen) atoms. The lowest BCUT2D eigenvalue weighted by atomic mass is 10.2. The van der Waals surface area contributed by atoms with Gasteiger partial charge in [-0.25, -0.2) is 0 Å². The molecular weight excluding hydrogens is 284 g/mol. The molecule has 0 aliphatic carbocycles. The van der Waals surface area contributed by atoms with Crippen LogP contribution in [-0.4, -0.2) is 19.1 Å². The minimum Gasteiger partial charge on any atom is -0.483 e. The Morgan fingerprint density at radius 2 is 2.29 bits per heavy atom. The van der Waals surface area contributed by atoms with Gasteiger partial charge in [0.1, 0.15) is 5.75 Å². The summed E-state index contributed by atoms with van der Waals surface area (Å²) in [6.45, 7) is 3.84. The fraction of sp³-hybridized carbons (Fsp3) is 0.417. The highest BCUT2D eigenvalue weighted by atomic mass is 79.9. The minimum absolute atomic E-state index is 0.105. The Morgan fingerprint density at radius 1 is 1.53 bits per heavy atom. The van der Waals surface area contributed by atoms with E-state index >= 15 is 0 Å². The molecule has 0 aliphatic heterocycles. The number of halogens is 1. The van der Waals surface area contributed by atoms with Crippen LogP contribution in [0.25, 0.3) is 0 Å². The lowest BCUT2D eigenvalue weighted by Gasteiger charge is -2.09. The maximum absolute atomic E-state index is 10.6. The van der Waals surface area contributed by atoms with Crippen molar-refractivity contribution in [3.63, 3.8) is 0 Å². The lowest BCUT2D eigenvalue weighted by molar-refractivity contribution is -0.119. The second-order valence-electron chi connectivity index (χ2n) is 3.70. The molecule has 0 heterocycles. The molecule has 0 aromatic heterocycles. The zero-order chi connectivity index (χ0) is 12.7. The minimum atomic E-state index is -0.481. The second-order valence-corrected chi connectivity index (χ2v) is 4.55. The highest BCUT2D eigenvalue weighted by molar-refractivity contribution is 9.10. The third-order valence-corrected chi connectivity index (χ3v) is 2.74. The number of nitrogens with one attached hydrogen (secondary N) is 1. The third-order valence-electron chi connectivity index (χ3n) is 2.12. The average Bonchev–Trinajstić information content (AvgIpc) is 2.28. The van der Waals surface area contributed by atoms with E-state index in [1.165, 1.54) is 0 Å². The number of rotatable bonds is 7. The lowest BCUT2D eigenvalue weighted by Crippen LogP contribution is -2.20. The molecule has 1 aromatic rings. The quantitative estimate of drug-likeness (QED) is 0.755. The van der Waals surface area contributed by atoms with Crippen LogP contribution in [0.2, 0.25) is 0 Å². The number of hydrogen-bond donors (Lipinski definition) is 2. The van der Waals surface area contributed by atoms with Crippen molar-refractivity contribution in [3.05, 3.63) is 28.2 Å². The van der Waals surface area contributed by atoms with Crippen LogP contribution in [0.1, 0.15) is 18.9 Å². The monoisotopic (exact) mass is 300 g/mol. The summed E-state index contributed by atoms with van der Waals surface area (Å²) < 4.78 is 6.07. The number of nitrogens with two attached hydrogens (primary N) is 1. The van der Waals surface area contributed by atoms with Gasteiger partial charge in [0.05, 0.1) is 4.47 Å². The molecular formula is C12H17BrN2O2. The van der Waals surface area contributed by atoms with Gasteiger partial charge in [-0.1, -0.05) is 13.0 Å². The molecule has 1 aromatic carbocycles. The fourth-order valence-corrected chi connectivity index (χ4v) is 1.87. The Balaban J connectivity index is 2.56. The maximum atomic E-state index is 10.6. The van der Waals surface area contributed by atoms with E-state index in [0.717, 1.165) is 29.5 Å². The predicted molar refractivity (Wildman–Crippen MR) is 70.8 cm³/mol. The Kier molecular flexibility index (Phi) is 6.00. The van der Waals surface area contributed by atoms with Gasteiger partial charge in [0, 0.05) is 6.54 Å². The molecule has 4 nitrogen and oxygen atoms in total. The van der Waals surface area contributed by atoms with E-state index in [9.17, 15) is 4.79 Å². The van der Waals surface area contributed by atoms with Crippen molar-refractivity contribution in [3.8, 4) is 5.75 Å². The van der Waals surface area contributed by atoms with Crippen LogP contribution in [-0.2, 0) is 11.3 Å². The summed E-state index contributed by atoms with van der Waals surface area (Å²) in [6, 6.07) is 5.76. The molecule has 0 saturated carbocycles. The predicted octanol–water partition coefficient (Wildman–Crippen LogP) is 1.81. The van der Waals surface area contributed by atoms with Gasteiger partial charge in [0.25, 0.3) is 5.91 Å². The first-order chi connectivity index (χ1) is 8.13. The maximum Gasteiger partial charge on any atom is 0.255 e. The topological polar surface area (TPSA) is 64.3 Å². The van der Waals surface area contributed by atoms with Gasteiger partial charge < -0.3 is 15.8 Å². The van der Waals surface area contributed by atoms with Crippen molar-refractivity contribution in [2.24, 2.45) is 5.73 Å². The molecule has 0 aliphatic rings. The zero-order valence-electron chi connectivity index (χ0n) is 9.83. The number of primary amides is 1. The molecule has 1 rings (SSSR count). The third kappa shape index (κ3) is 5.19. The molecule has 0 spiro atoms. The van der Waals surface area contributed by atoms with Crippen LogP contribution in [0.5, 0.6) is 5.75 Å². The summed E-state index contributed by atoms with van der Waals surface area (Å²) in [5, 5.41) is 3.31. The van der Waals surface area contributed by atoms with Crippen LogP contribution in [0, 0.1) is 0 Å². The van der Waals surface area contributed by atoms with E-state index in [4.69, 9.17) is 10.5 Å². The van der Waals surface area contributed by atoms with Gasteiger partial charge in [0.15, 0.2) is 6.61 Å². The van der Waals surface area contributed by atoms with E-state index in [1.54, 1.807) is 0 Å². The normalized spacial score (nSPS) is 10.2. The molecule has 5 heteroatoms. The van der Waals surface area contributed by atoms with Gasteiger partial charge in [-0.15, -0.1) is 0 Å². The summed E-state index contributed by atoms with van der Waals surface area (Å²) in [6.07, 6.45) is 1.11. The van der Waals surface area contributed by atoms with Crippen LogP contribution >= 0.6 is 15.9 Å². The molecule has 0 saturated heterocycles. The Hall–Kier alpha value is -1.07. The standard InChI is InChI=1S/C12H17BrN2O2/c1-2-5-15-7-9-3-4-11(10(13)6-9)17-8-12(14)16/h3-4,6,15H,2,5,7-8H2,1H3,(H2,14,16). The molecule has 94 valence electrons. The molecule has 0 atom stereocenters. The van der Waals surface area contributed by atoms with Crippen molar-refractivity contribution in [2.75, 3.05) is 13.2 Å². The van der Waals surface area contributed by atoms with Gasteiger partial charge in [-0.05, 0) is 46.6 Å².